The SMILES string of the molecule is Cc1ccc(N2C(=O)C(=Cc3ccc(C(C)C)cc3)SC2=S)cc1C(=O)O. The minimum atomic E-state index is -1.03. The maximum Gasteiger partial charge on any atom is 0.336 e. The van der Waals surface area contributed by atoms with Gasteiger partial charge >= 0.3 is 5.97 Å². The number of aromatic carboxylic acids is 1. The molecule has 27 heavy (non-hydrogen) atoms. The number of carbonyl (C=O) groups excluding carboxylic acids is 1. The molecular formula is C21H19NO3S2. The third-order valence-corrected chi connectivity index (χ3v) is 5.71. The van der Waals surface area contributed by atoms with Crippen LogP contribution in [-0.2, 0) is 4.79 Å². The highest BCUT2D eigenvalue weighted by Gasteiger charge is 2.33. The van der Waals surface area contributed by atoms with Crippen molar-refractivity contribution in [2.75, 3.05) is 4.90 Å². The molecule has 1 heterocycles. The second-order valence-corrected chi connectivity index (χ2v) is 8.32. The second-order valence-electron chi connectivity index (χ2n) is 6.64. The lowest BCUT2D eigenvalue weighted by atomic mass is 10.0. The predicted molar refractivity (Wildman–Crippen MR) is 114 cm³/mol. The number of rotatable bonds is 4. The second kappa shape index (κ2) is 7.66. The summed E-state index contributed by atoms with van der Waals surface area (Å²) >= 11 is 6.59. The number of carboxylic acid groups (broad SMARTS) is 1. The number of aryl methyl sites for hydroxylation is 1. The molecule has 1 N–H and O–H groups in total. The summed E-state index contributed by atoms with van der Waals surface area (Å²) in [6, 6.07) is 13.0. The van der Waals surface area contributed by atoms with Gasteiger partial charge in [0.2, 0.25) is 0 Å². The van der Waals surface area contributed by atoms with E-state index in [4.69, 9.17) is 12.2 Å². The molecular weight excluding hydrogens is 378 g/mol. The molecule has 138 valence electrons. The molecule has 1 saturated heterocycles. The van der Waals surface area contributed by atoms with Crippen LogP contribution < -0.4 is 4.90 Å². The zero-order valence-electron chi connectivity index (χ0n) is 15.2. The van der Waals surface area contributed by atoms with E-state index in [1.54, 1.807) is 19.1 Å². The summed E-state index contributed by atoms with van der Waals surface area (Å²) in [5.41, 5.74) is 3.43. The summed E-state index contributed by atoms with van der Waals surface area (Å²) in [7, 11) is 0. The normalized spacial score (nSPS) is 15.9. The van der Waals surface area contributed by atoms with Gasteiger partial charge in [-0.3, -0.25) is 9.69 Å². The fraction of sp³-hybridized carbons (Fsp3) is 0.190. The van der Waals surface area contributed by atoms with E-state index >= 15 is 0 Å². The summed E-state index contributed by atoms with van der Waals surface area (Å²) in [6.45, 7) is 5.98. The van der Waals surface area contributed by atoms with Crippen LogP contribution in [0.15, 0.2) is 47.4 Å². The molecule has 1 aliphatic heterocycles. The first-order valence-corrected chi connectivity index (χ1v) is 9.72. The fourth-order valence-electron chi connectivity index (χ4n) is 2.80. The molecule has 6 heteroatoms. The molecule has 2 aromatic carbocycles. The molecule has 1 aliphatic rings. The lowest BCUT2D eigenvalue weighted by Crippen LogP contribution is -2.27. The lowest BCUT2D eigenvalue weighted by Gasteiger charge is -2.15. The highest BCUT2D eigenvalue weighted by Crippen LogP contribution is 2.36. The topological polar surface area (TPSA) is 57.6 Å². The number of amides is 1. The van der Waals surface area contributed by atoms with Gasteiger partial charge in [0.25, 0.3) is 5.91 Å². The summed E-state index contributed by atoms with van der Waals surface area (Å²) in [5, 5.41) is 9.32. The standard InChI is InChI=1S/C21H19NO3S2/c1-12(2)15-7-5-14(6-8-15)10-18-19(23)22(21(26)27-18)16-9-4-13(3)17(11-16)20(24)25/h4-12H,1-3H3,(H,24,25). The molecule has 0 aliphatic carbocycles. The number of thiocarbonyl (C=S) groups is 1. The molecule has 0 atom stereocenters. The van der Waals surface area contributed by atoms with Crippen LogP contribution in [0.5, 0.6) is 0 Å². The maximum atomic E-state index is 12.9. The number of benzene rings is 2. The molecule has 0 radical (unpaired) electrons. The van der Waals surface area contributed by atoms with E-state index in [0.717, 1.165) is 5.56 Å². The Kier molecular flexibility index (Phi) is 5.48. The van der Waals surface area contributed by atoms with E-state index < -0.39 is 5.97 Å². The van der Waals surface area contributed by atoms with Gasteiger partial charge in [0.05, 0.1) is 16.2 Å². The number of nitrogens with zero attached hydrogens (tertiary/aromatic N) is 1. The Balaban J connectivity index is 1.91. The van der Waals surface area contributed by atoms with E-state index in [2.05, 4.69) is 26.0 Å². The Morgan fingerprint density at radius 2 is 1.85 bits per heavy atom. The van der Waals surface area contributed by atoms with Crippen molar-refractivity contribution in [1.82, 2.24) is 0 Å². The zero-order chi connectivity index (χ0) is 19.7. The van der Waals surface area contributed by atoms with Crippen LogP contribution in [0.2, 0.25) is 0 Å². The average molecular weight is 398 g/mol. The number of anilines is 1. The first-order chi connectivity index (χ1) is 12.8. The molecule has 0 aromatic heterocycles. The van der Waals surface area contributed by atoms with Gasteiger partial charge in [-0.25, -0.2) is 4.79 Å². The highest BCUT2D eigenvalue weighted by molar-refractivity contribution is 8.27. The Bertz CT molecular complexity index is 962. The molecule has 0 spiro atoms. The first-order valence-electron chi connectivity index (χ1n) is 8.50. The van der Waals surface area contributed by atoms with Crippen LogP contribution in [0, 0.1) is 6.92 Å². The third-order valence-electron chi connectivity index (χ3n) is 4.40. The summed E-state index contributed by atoms with van der Waals surface area (Å²) in [4.78, 5) is 26.2. The van der Waals surface area contributed by atoms with Crippen LogP contribution in [0.25, 0.3) is 6.08 Å². The monoisotopic (exact) mass is 397 g/mol. The zero-order valence-corrected chi connectivity index (χ0v) is 16.9. The van der Waals surface area contributed by atoms with Crippen molar-refractivity contribution in [2.45, 2.75) is 26.7 Å². The van der Waals surface area contributed by atoms with E-state index in [9.17, 15) is 14.7 Å². The highest BCUT2D eigenvalue weighted by atomic mass is 32.2. The van der Waals surface area contributed by atoms with Gasteiger partial charge in [0.1, 0.15) is 0 Å². The summed E-state index contributed by atoms with van der Waals surface area (Å²) < 4.78 is 0.394. The van der Waals surface area contributed by atoms with Crippen molar-refractivity contribution >= 4 is 51.9 Å². The molecule has 0 unspecified atom stereocenters. The van der Waals surface area contributed by atoms with Crippen LogP contribution in [0.3, 0.4) is 0 Å². The van der Waals surface area contributed by atoms with E-state index in [1.807, 2.05) is 18.2 Å². The Morgan fingerprint density at radius 3 is 2.44 bits per heavy atom. The molecule has 1 fully saturated rings. The van der Waals surface area contributed by atoms with Crippen molar-refractivity contribution < 1.29 is 14.7 Å². The van der Waals surface area contributed by atoms with Gasteiger partial charge in [-0.2, -0.15) is 0 Å². The minimum absolute atomic E-state index is 0.162. The Hall–Kier alpha value is -2.44. The smallest absolute Gasteiger partial charge is 0.336 e. The van der Waals surface area contributed by atoms with Gasteiger partial charge in [0, 0.05) is 0 Å². The lowest BCUT2D eigenvalue weighted by molar-refractivity contribution is -0.113. The Morgan fingerprint density at radius 1 is 1.19 bits per heavy atom. The molecule has 3 rings (SSSR count). The number of hydrogen-bond acceptors (Lipinski definition) is 4. The van der Waals surface area contributed by atoms with Crippen LogP contribution in [0.1, 0.15) is 46.8 Å². The van der Waals surface area contributed by atoms with Crippen molar-refractivity contribution in [3.05, 3.63) is 69.6 Å². The number of hydrogen-bond donors (Lipinski definition) is 1. The van der Waals surface area contributed by atoms with Gasteiger partial charge in [0.15, 0.2) is 4.32 Å². The Labute approximate surface area is 167 Å². The third kappa shape index (κ3) is 3.96. The van der Waals surface area contributed by atoms with E-state index in [0.29, 0.717) is 26.4 Å². The number of thioether (sulfide) groups is 1. The predicted octanol–water partition coefficient (Wildman–Crippen LogP) is 5.22. The van der Waals surface area contributed by atoms with Crippen molar-refractivity contribution in [2.24, 2.45) is 0 Å². The number of carboxylic acids is 1. The van der Waals surface area contributed by atoms with Crippen LogP contribution in [0.4, 0.5) is 5.69 Å². The minimum Gasteiger partial charge on any atom is -0.478 e. The molecule has 1 amide bonds. The number of carbonyl (C=O) groups is 2. The van der Waals surface area contributed by atoms with Gasteiger partial charge in [-0.15, -0.1) is 0 Å². The van der Waals surface area contributed by atoms with Crippen LogP contribution >= 0.6 is 24.0 Å². The van der Waals surface area contributed by atoms with Crippen LogP contribution in [-0.4, -0.2) is 21.3 Å². The van der Waals surface area contributed by atoms with Crippen molar-refractivity contribution in [3.63, 3.8) is 0 Å². The molecule has 0 bridgehead atoms. The van der Waals surface area contributed by atoms with Gasteiger partial charge in [-0.1, -0.05) is 68.2 Å². The summed E-state index contributed by atoms with van der Waals surface area (Å²) in [6.07, 6.45) is 1.82. The van der Waals surface area contributed by atoms with Crippen molar-refractivity contribution in [1.29, 1.82) is 0 Å². The molecule has 4 nitrogen and oxygen atoms in total. The first kappa shape index (κ1) is 19.3. The largest absolute Gasteiger partial charge is 0.478 e. The quantitative estimate of drug-likeness (QED) is 0.566. The fourth-order valence-corrected chi connectivity index (χ4v) is 4.10. The molecule has 2 aromatic rings. The van der Waals surface area contributed by atoms with Crippen molar-refractivity contribution in [3.8, 4) is 0 Å². The average Bonchev–Trinajstić information content (AvgIpc) is 2.89. The summed E-state index contributed by atoms with van der Waals surface area (Å²) in [5.74, 6) is -0.819. The van der Waals surface area contributed by atoms with E-state index in [1.165, 1.54) is 28.3 Å². The maximum absolute atomic E-state index is 12.9. The van der Waals surface area contributed by atoms with E-state index in [-0.39, 0.29) is 11.5 Å². The molecule has 0 saturated carbocycles. The van der Waals surface area contributed by atoms with Gasteiger partial charge < -0.3 is 5.11 Å². The van der Waals surface area contributed by atoms with Gasteiger partial charge in [-0.05, 0) is 47.7 Å².